The summed E-state index contributed by atoms with van der Waals surface area (Å²) >= 11 is 3.95. The largest absolute Gasteiger partial charge is 0.394 e. The zero-order valence-corrected chi connectivity index (χ0v) is 16.3. The number of halogens is 1. The normalized spacial score (nSPS) is 25.8. The van der Waals surface area contributed by atoms with Gasteiger partial charge in [0.2, 0.25) is 0 Å². The first-order valence-electron chi connectivity index (χ1n) is 7.85. The number of nitrogens with one attached hydrogen (secondary N) is 1. The van der Waals surface area contributed by atoms with Crippen molar-refractivity contribution in [1.29, 1.82) is 0 Å². The molecular formula is C15H16IN5O4S. The molecule has 26 heavy (non-hydrogen) atoms. The summed E-state index contributed by atoms with van der Waals surface area (Å²) in [4.78, 5) is 12.8. The lowest BCUT2D eigenvalue weighted by atomic mass is 10.1. The molecule has 0 aromatic carbocycles. The molecule has 0 unspecified atom stereocenters. The van der Waals surface area contributed by atoms with E-state index < -0.39 is 24.5 Å². The van der Waals surface area contributed by atoms with E-state index in [1.807, 2.05) is 0 Å². The number of aliphatic hydroxyl groups excluding tert-OH is 3. The van der Waals surface area contributed by atoms with Crippen LogP contribution in [0.15, 0.2) is 24.1 Å². The van der Waals surface area contributed by atoms with Crippen molar-refractivity contribution in [2.75, 3.05) is 11.9 Å². The number of imidazole rings is 1. The van der Waals surface area contributed by atoms with Crippen LogP contribution in [0.4, 0.5) is 5.82 Å². The predicted octanol–water partition coefficient (Wildman–Crippen LogP) is 0.716. The number of aliphatic hydroxyl groups is 3. The maximum Gasteiger partial charge on any atom is 0.167 e. The van der Waals surface area contributed by atoms with Gasteiger partial charge in [0, 0.05) is 6.54 Å². The van der Waals surface area contributed by atoms with E-state index in [4.69, 9.17) is 4.74 Å². The number of rotatable bonds is 5. The predicted molar refractivity (Wildman–Crippen MR) is 103 cm³/mol. The van der Waals surface area contributed by atoms with E-state index in [1.54, 1.807) is 15.9 Å². The summed E-state index contributed by atoms with van der Waals surface area (Å²) in [6, 6.07) is 2.09. The van der Waals surface area contributed by atoms with Gasteiger partial charge in [-0.05, 0) is 39.6 Å². The molecule has 3 aromatic heterocycles. The van der Waals surface area contributed by atoms with Crippen LogP contribution in [0, 0.1) is 2.88 Å². The van der Waals surface area contributed by atoms with E-state index in [0.717, 1.165) is 5.56 Å². The maximum absolute atomic E-state index is 10.2. The Morgan fingerprint density at radius 3 is 2.81 bits per heavy atom. The molecule has 0 saturated carbocycles. The third kappa shape index (κ3) is 3.18. The molecule has 11 heteroatoms. The fourth-order valence-electron chi connectivity index (χ4n) is 2.90. The molecular weight excluding hydrogens is 473 g/mol. The van der Waals surface area contributed by atoms with Gasteiger partial charge in [0.05, 0.1) is 15.8 Å². The molecule has 0 spiro atoms. The zero-order chi connectivity index (χ0) is 18.3. The van der Waals surface area contributed by atoms with Crippen LogP contribution in [-0.4, -0.2) is 59.8 Å². The first-order valence-corrected chi connectivity index (χ1v) is 9.81. The van der Waals surface area contributed by atoms with Crippen LogP contribution in [0.1, 0.15) is 11.8 Å². The third-order valence-electron chi connectivity index (χ3n) is 4.23. The highest BCUT2D eigenvalue weighted by Crippen LogP contribution is 2.32. The number of aromatic nitrogens is 4. The first kappa shape index (κ1) is 18.0. The van der Waals surface area contributed by atoms with E-state index in [0.29, 0.717) is 23.5 Å². The van der Waals surface area contributed by atoms with Crippen LogP contribution in [-0.2, 0) is 11.3 Å². The number of thiophene rings is 1. The Bertz CT molecular complexity index is 918. The number of anilines is 1. The number of hydrogen-bond acceptors (Lipinski definition) is 9. The van der Waals surface area contributed by atoms with Crippen molar-refractivity contribution >= 4 is 50.9 Å². The monoisotopic (exact) mass is 489 g/mol. The average molecular weight is 489 g/mol. The smallest absolute Gasteiger partial charge is 0.167 e. The molecule has 1 aliphatic rings. The minimum atomic E-state index is -1.19. The molecule has 0 amide bonds. The molecule has 1 fully saturated rings. The lowest BCUT2D eigenvalue weighted by molar-refractivity contribution is -0.0511. The lowest BCUT2D eigenvalue weighted by Crippen LogP contribution is -2.33. The molecule has 9 nitrogen and oxygen atoms in total. The molecule has 4 atom stereocenters. The summed E-state index contributed by atoms with van der Waals surface area (Å²) in [5, 5.41) is 34.7. The van der Waals surface area contributed by atoms with Gasteiger partial charge < -0.3 is 25.4 Å². The van der Waals surface area contributed by atoms with Gasteiger partial charge in [-0.15, -0.1) is 11.3 Å². The van der Waals surface area contributed by atoms with Gasteiger partial charge in [0.25, 0.3) is 0 Å². The lowest BCUT2D eigenvalue weighted by Gasteiger charge is -2.16. The van der Waals surface area contributed by atoms with Crippen LogP contribution in [0.25, 0.3) is 11.2 Å². The Kier molecular flexibility index (Phi) is 5.07. The van der Waals surface area contributed by atoms with Crippen molar-refractivity contribution in [3.63, 3.8) is 0 Å². The van der Waals surface area contributed by atoms with Gasteiger partial charge in [-0.25, -0.2) is 15.0 Å². The number of hydrogen-bond donors (Lipinski definition) is 4. The van der Waals surface area contributed by atoms with Gasteiger partial charge in [-0.2, -0.15) is 0 Å². The highest BCUT2D eigenvalue weighted by Gasteiger charge is 2.44. The Hall–Kier alpha value is -1.38. The fraction of sp³-hybridized carbons (Fsp3) is 0.400. The molecule has 0 bridgehead atoms. The van der Waals surface area contributed by atoms with Crippen molar-refractivity contribution in [2.24, 2.45) is 0 Å². The second-order valence-corrected chi connectivity index (χ2v) is 8.69. The topological polar surface area (TPSA) is 126 Å². The number of fused-ring (bicyclic) bond motifs is 1. The van der Waals surface area contributed by atoms with Gasteiger partial charge in [-0.1, -0.05) is 0 Å². The summed E-state index contributed by atoms with van der Waals surface area (Å²) in [5.74, 6) is 0.571. The molecule has 4 N–H and O–H groups in total. The Morgan fingerprint density at radius 2 is 2.12 bits per heavy atom. The van der Waals surface area contributed by atoms with Crippen LogP contribution in [0.2, 0.25) is 0 Å². The standard InChI is InChI=1S/C15H16IN5O4S/c16-9-1-7(4-26-9)2-17-13-10-14(19-5-18-13)21(6-20-10)15-12(24)11(23)8(3-22)25-15/h1,4-6,8,11-12,15,22-24H,2-3H2,(H,17,18,19)/t8-,11-,12-,15-/m1/s1. The Labute approximate surface area is 165 Å². The summed E-state index contributed by atoms with van der Waals surface area (Å²) in [6.45, 7) is 0.217. The third-order valence-corrected chi connectivity index (χ3v) is 6.07. The number of nitrogens with zero attached hydrogens (tertiary/aromatic N) is 4. The zero-order valence-electron chi connectivity index (χ0n) is 13.4. The quantitative estimate of drug-likeness (QED) is 0.387. The van der Waals surface area contributed by atoms with Crippen LogP contribution >= 0.6 is 33.9 Å². The van der Waals surface area contributed by atoms with Crippen LogP contribution in [0.3, 0.4) is 0 Å². The summed E-state index contributed by atoms with van der Waals surface area (Å²) in [7, 11) is 0. The van der Waals surface area contributed by atoms with E-state index in [2.05, 4.69) is 54.3 Å². The van der Waals surface area contributed by atoms with E-state index in [-0.39, 0.29) is 6.61 Å². The molecule has 3 aromatic rings. The van der Waals surface area contributed by atoms with Crippen LogP contribution in [0.5, 0.6) is 0 Å². The number of ether oxygens (including phenoxy) is 1. The second-order valence-electron chi connectivity index (χ2n) is 5.89. The molecule has 0 radical (unpaired) electrons. The Morgan fingerprint density at radius 1 is 1.27 bits per heavy atom. The van der Waals surface area contributed by atoms with Gasteiger partial charge in [-0.3, -0.25) is 4.57 Å². The molecule has 4 heterocycles. The van der Waals surface area contributed by atoms with E-state index in [9.17, 15) is 15.3 Å². The summed E-state index contributed by atoms with van der Waals surface area (Å²) in [5.41, 5.74) is 2.15. The SMILES string of the molecule is OC[C@H]1O[C@@H](n2cnc3c(NCc4csc(I)c4)ncnc32)[C@H](O)[C@@H]1O. The summed E-state index contributed by atoms with van der Waals surface area (Å²) in [6.07, 6.45) is -1.21. The van der Waals surface area contributed by atoms with Crippen molar-refractivity contribution < 1.29 is 20.1 Å². The molecule has 1 aliphatic heterocycles. The van der Waals surface area contributed by atoms with Crippen molar-refractivity contribution in [1.82, 2.24) is 19.5 Å². The van der Waals surface area contributed by atoms with Gasteiger partial charge >= 0.3 is 0 Å². The average Bonchev–Trinajstić information content (AvgIpc) is 3.32. The van der Waals surface area contributed by atoms with E-state index >= 15 is 0 Å². The fourth-order valence-corrected chi connectivity index (χ4v) is 4.32. The van der Waals surface area contributed by atoms with Crippen LogP contribution < -0.4 is 5.32 Å². The highest BCUT2D eigenvalue weighted by molar-refractivity contribution is 14.1. The molecule has 138 valence electrons. The molecule has 1 saturated heterocycles. The summed E-state index contributed by atoms with van der Waals surface area (Å²) < 4.78 is 8.30. The highest BCUT2D eigenvalue weighted by atomic mass is 127. The molecule has 0 aliphatic carbocycles. The molecule has 4 rings (SSSR count). The van der Waals surface area contributed by atoms with Gasteiger partial charge in [0.1, 0.15) is 24.6 Å². The van der Waals surface area contributed by atoms with Gasteiger partial charge in [0.15, 0.2) is 23.2 Å². The maximum atomic E-state index is 10.2. The van der Waals surface area contributed by atoms with Crippen molar-refractivity contribution in [2.45, 2.75) is 31.1 Å². The minimum Gasteiger partial charge on any atom is -0.394 e. The first-order chi connectivity index (χ1) is 12.6. The second kappa shape index (κ2) is 7.32. The van der Waals surface area contributed by atoms with Crippen molar-refractivity contribution in [3.8, 4) is 0 Å². The van der Waals surface area contributed by atoms with Crippen molar-refractivity contribution in [3.05, 3.63) is 32.5 Å². The van der Waals surface area contributed by atoms with E-state index in [1.165, 1.54) is 15.5 Å². The Balaban J connectivity index is 1.61. The minimum absolute atomic E-state index is 0.386.